The van der Waals surface area contributed by atoms with E-state index in [2.05, 4.69) is 18.0 Å². The minimum absolute atomic E-state index is 0.189. The highest BCUT2D eigenvalue weighted by Gasteiger charge is 2.21. The van der Waals surface area contributed by atoms with Gasteiger partial charge in [0.1, 0.15) is 0 Å². The fraction of sp³-hybridized carbons (Fsp3) is 0.500. The van der Waals surface area contributed by atoms with Crippen LogP contribution in [0.2, 0.25) is 0 Å². The van der Waals surface area contributed by atoms with E-state index < -0.39 is 24.0 Å². The standard InChI is InChI=1S/C8H14N2O4/c1-4(2-5(9)7(11)12)3-6(10)8(13)14/h5-6H,1-3,9-10H2,(H,11,12)(H,13,14)/p+2/t5-,6-/m1/s1. The summed E-state index contributed by atoms with van der Waals surface area (Å²) < 4.78 is 0. The van der Waals surface area contributed by atoms with Crippen LogP contribution in [0.5, 0.6) is 0 Å². The molecule has 0 saturated carbocycles. The van der Waals surface area contributed by atoms with Crippen molar-refractivity contribution in [2.24, 2.45) is 0 Å². The van der Waals surface area contributed by atoms with Crippen LogP contribution in [0.4, 0.5) is 0 Å². The number of aliphatic carboxylic acids is 2. The van der Waals surface area contributed by atoms with Gasteiger partial charge in [0, 0.05) is 12.8 Å². The Morgan fingerprint density at radius 2 is 1.36 bits per heavy atom. The number of hydrogen-bond acceptors (Lipinski definition) is 2. The van der Waals surface area contributed by atoms with E-state index in [1.807, 2.05) is 0 Å². The molecule has 80 valence electrons. The van der Waals surface area contributed by atoms with Crippen molar-refractivity contribution in [1.29, 1.82) is 0 Å². The van der Waals surface area contributed by atoms with Gasteiger partial charge >= 0.3 is 11.9 Å². The molecule has 0 aliphatic heterocycles. The molecular weight excluding hydrogens is 188 g/mol. The lowest BCUT2D eigenvalue weighted by Gasteiger charge is -2.07. The summed E-state index contributed by atoms with van der Waals surface area (Å²) >= 11 is 0. The average Bonchev–Trinajstić information content (AvgIpc) is 2.03. The normalized spacial score (nSPS) is 14.4. The van der Waals surface area contributed by atoms with Gasteiger partial charge in [-0.1, -0.05) is 12.2 Å². The molecule has 0 aromatic carbocycles. The van der Waals surface area contributed by atoms with Crippen LogP contribution in [0.1, 0.15) is 12.8 Å². The average molecular weight is 204 g/mol. The maximum absolute atomic E-state index is 10.4. The zero-order chi connectivity index (χ0) is 11.3. The molecule has 0 spiro atoms. The van der Waals surface area contributed by atoms with Crippen molar-refractivity contribution in [2.75, 3.05) is 0 Å². The molecule has 0 amide bonds. The molecule has 0 saturated heterocycles. The molecule has 0 fully saturated rings. The number of carbonyl (C=O) groups is 2. The quantitative estimate of drug-likeness (QED) is 0.363. The first-order valence-corrected chi connectivity index (χ1v) is 4.13. The van der Waals surface area contributed by atoms with Crippen LogP contribution in [-0.4, -0.2) is 34.2 Å². The lowest BCUT2D eigenvalue weighted by molar-refractivity contribution is -0.411. The first-order valence-electron chi connectivity index (χ1n) is 4.13. The van der Waals surface area contributed by atoms with Crippen LogP contribution in [-0.2, 0) is 9.59 Å². The molecule has 6 heteroatoms. The van der Waals surface area contributed by atoms with Crippen LogP contribution >= 0.6 is 0 Å². The number of carboxylic acids is 2. The molecule has 8 N–H and O–H groups in total. The van der Waals surface area contributed by atoms with Gasteiger partial charge in [-0.05, 0) is 0 Å². The Hall–Kier alpha value is -1.40. The molecule has 0 rings (SSSR count). The number of hydrogen-bond donors (Lipinski definition) is 4. The minimum atomic E-state index is -1.01. The van der Waals surface area contributed by atoms with Gasteiger partial charge in [0.05, 0.1) is 0 Å². The Kier molecular flexibility index (Phi) is 4.82. The Morgan fingerprint density at radius 1 is 1.07 bits per heavy atom. The molecule has 6 nitrogen and oxygen atoms in total. The SMILES string of the molecule is C=C(C[C@@H]([NH3+])C(=O)O)C[C@@H]([NH3+])C(=O)O. The predicted molar refractivity (Wildman–Crippen MR) is 47.0 cm³/mol. The zero-order valence-electron chi connectivity index (χ0n) is 7.90. The summed E-state index contributed by atoms with van der Waals surface area (Å²) in [4.78, 5) is 20.8. The van der Waals surface area contributed by atoms with E-state index in [9.17, 15) is 9.59 Å². The number of quaternary nitrogens is 2. The molecule has 0 aliphatic rings. The third kappa shape index (κ3) is 4.58. The largest absolute Gasteiger partial charge is 0.477 e. The molecule has 0 unspecified atom stereocenters. The molecule has 0 heterocycles. The van der Waals surface area contributed by atoms with E-state index in [1.165, 1.54) is 0 Å². The van der Waals surface area contributed by atoms with E-state index in [1.54, 1.807) is 0 Å². The Morgan fingerprint density at radius 3 is 1.57 bits per heavy atom. The predicted octanol–water partition coefficient (Wildman–Crippen LogP) is -2.29. The highest BCUT2D eigenvalue weighted by molar-refractivity contribution is 5.73. The van der Waals surface area contributed by atoms with Gasteiger partial charge in [-0.25, -0.2) is 9.59 Å². The van der Waals surface area contributed by atoms with Gasteiger partial charge in [0.15, 0.2) is 12.1 Å². The van der Waals surface area contributed by atoms with E-state index in [-0.39, 0.29) is 12.8 Å². The topological polar surface area (TPSA) is 130 Å². The highest BCUT2D eigenvalue weighted by atomic mass is 16.4. The van der Waals surface area contributed by atoms with Crippen molar-refractivity contribution < 1.29 is 31.3 Å². The van der Waals surface area contributed by atoms with Gasteiger partial charge in [0.2, 0.25) is 0 Å². The Labute approximate surface area is 81.2 Å². The van der Waals surface area contributed by atoms with Crippen LogP contribution in [0.3, 0.4) is 0 Å². The van der Waals surface area contributed by atoms with Crippen molar-refractivity contribution in [3.05, 3.63) is 12.2 Å². The molecule has 2 atom stereocenters. The fourth-order valence-corrected chi connectivity index (χ4v) is 0.955. The zero-order valence-corrected chi connectivity index (χ0v) is 7.90. The smallest absolute Gasteiger partial charge is 0.362 e. The molecule has 0 aromatic rings. The lowest BCUT2D eigenvalue weighted by atomic mass is 10.0. The molecule has 14 heavy (non-hydrogen) atoms. The van der Waals surface area contributed by atoms with Gasteiger partial charge in [-0.15, -0.1) is 0 Å². The summed E-state index contributed by atoms with van der Waals surface area (Å²) in [6.07, 6.45) is 0.378. The lowest BCUT2D eigenvalue weighted by Crippen LogP contribution is -2.66. The van der Waals surface area contributed by atoms with Gasteiger partial charge < -0.3 is 21.7 Å². The minimum Gasteiger partial charge on any atom is -0.477 e. The second-order valence-electron chi connectivity index (χ2n) is 3.23. The van der Waals surface area contributed by atoms with E-state index >= 15 is 0 Å². The van der Waals surface area contributed by atoms with Crippen LogP contribution in [0, 0.1) is 0 Å². The van der Waals surface area contributed by atoms with E-state index in [0.717, 1.165) is 0 Å². The monoisotopic (exact) mass is 204 g/mol. The molecule has 0 bridgehead atoms. The van der Waals surface area contributed by atoms with Gasteiger partial charge in [-0.2, -0.15) is 0 Å². The Balaban J connectivity index is 3.99. The molecule has 0 radical (unpaired) electrons. The maximum atomic E-state index is 10.4. The second kappa shape index (κ2) is 5.36. The molecule has 0 aliphatic carbocycles. The Bertz CT molecular complexity index is 228. The van der Waals surface area contributed by atoms with E-state index in [0.29, 0.717) is 5.57 Å². The second-order valence-corrected chi connectivity index (χ2v) is 3.23. The summed E-state index contributed by atoms with van der Waals surface area (Å²) in [5, 5.41) is 17.1. The van der Waals surface area contributed by atoms with Crippen molar-refractivity contribution in [2.45, 2.75) is 24.9 Å². The summed E-state index contributed by atoms with van der Waals surface area (Å²) in [6.45, 7) is 3.59. The fourth-order valence-electron chi connectivity index (χ4n) is 0.955. The highest BCUT2D eigenvalue weighted by Crippen LogP contribution is 2.07. The van der Waals surface area contributed by atoms with Crippen molar-refractivity contribution in [3.8, 4) is 0 Å². The van der Waals surface area contributed by atoms with Gasteiger partial charge in [-0.3, -0.25) is 0 Å². The van der Waals surface area contributed by atoms with Crippen molar-refractivity contribution >= 4 is 11.9 Å². The maximum Gasteiger partial charge on any atom is 0.362 e. The molecular formula is C8H16N2O4+2. The number of rotatable bonds is 6. The summed E-state index contributed by atoms with van der Waals surface area (Å²) in [7, 11) is 0. The van der Waals surface area contributed by atoms with Gasteiger partial charge in [0.25, 0.3) is 0 Å². The summed E-state index contributed by atoms with van der Waals surface area (Å²) in [5.74, 6) is -2.02. The van der Waals surface area contributed by atoms with Crippen LogP contribution < -0.4 is 11.5 Å². The van der Waals surface area contributed by atoms with Crippen LogP contribution in [0.25, 0.3) is 0 Å². The summed E-state index contributed by atoms with van der Waals surface area (Å²) in [6, 6.07) is -1.55. The first-order chi connectivity index (χ1) is 6.34. The van der Waals surface area contributed by atoms with Crippen molar-refractivity contribution in [3.63, 3.8) is 0 Å². The third-order valence-electron chi connectivity index (χ3n) is 1.77. The summed E-state index contributed by atoms with van der Waals surface area (Å²) in [5.41, 5.74) is 7.35. The van der Waals surface area contributed by atoms with Crippen LogP contribution in [0.15, 0.2) is 12.2 Å². The molecule has 0 aromatic heterocycles. The first kappa shape index (κ1) is 12.6. The third-order valence-corrected chi connectivity index (χ3v) is 1.77. The van der Waals surface area contributed by atoms with Crippen molar-refractivity contribution in [1.82, 2.24) is 0 Å². The number of carboxylic acid groups (broad SMARTS) is 2. The van der Waals surface area contributed by atoms with E-state index in [4.69, 9.17) is 10.2 Å².